The van der Waals surface area contributed by atoms with E-state index in [-0.39, 0.29) is 74.3 Å². The van der Waals surface area contributed by atoms with Gasteiger partial charge in [0.05, 0.1) is 0 Å². The van der Waals surface area contributed by atoms with Crippen LogP contribution in [0.25, 0.3) is 32.3 Å². The second-order valence-electron chi connectivity index (χ2n) is 8.60. The van der Waals surface area contributed by atoms with Gasteiger partial charge in [-0.05, 0) is 36.4 Å². The van der Waals surface area contributed by atoms with Crippen molar-refractivity contribution in [3.63, 3.8) is 0 Å². The maximum absolute atomic E-state index is 14.4. The van der Waals surface area contributed by atoms with Gasteiger partial charge >= 0.3 is 7.69 Å². The van der Waals surface area contributed by atoms with Crippen LogP contribution in [0.5, 0.6) is 0 Å². The van der Waals surface area contributed by atoms with Gasteiger partial charge < -0.3 is 24.1 Å². The van der Waals surface area contributed by atoms with Crippen molar-refractivity contribution < 1.29 is 30.7 Å². The molecular weight excluding hydrogens is 516 g/mol. The van der Waals surface area contributed by atoms with Crippen LogP contribution >= 0.6 is 0 Å². The first-order valence-electron chi connectivity index (χ1n) is 10.9. The first kappa shape index (κ1) is 22.5. The van der Waals surface area contributed by atoms with Gasteiger partial charge in [-0.2, -0.15) is 0 Å². The van der Waals surface area contributed by atoms with Gasteiger partial charge in [0, 0.05) is 32.3 Å². The summed E-state index contributed by atoms with van der Waals surface area (Å²) in [6.45, 7) is 0. The largest absolute Gasteiger partial charge is 0.497 e. The Morgan fingerprint density at radius 1 is 0.526 bits per heavy atom. The molecular formula is C24H9BF7N6. The van der Waals surface area contributed by atoms with Gasteiger partial charge in [0.1, 0.15) is 34.2 Å². The van der Waals surface area contributed by atoms with Gasteiger partial charge in [0.25, 0.3) is 0 Å². The highest BCUT2D eigenvalue weighted by atomic mass is 19.2. The molecule has 6 aromatic rings. The molecule has 0 spiro atoms. The van der Waals surface area contributed by atoms with Crippen molar-refractivity contribution in [3.05, 3.63) is 82.3 Å². The normalized spacial score (nSPS) is 12.7. The Hall–Kier alpha value is -4.75. The molecule has 0 unspecified atom stereocenters. The average molecular weight is 525 g/mol. The zero-order valence-corrected chi connectivity index (χ0v) is 18.5. The standard InChI is InChI=1S/C24H9BF7N6/c26-13-1-7-9(3-15(13)28)21-34-19(7)33-20-8-2-14(27)16(29)4-10(8)22(35-20)37-24-12-6-18(31)17(30)5-11(12)23(36-21)38(24)25-32/h1-6,33-35H. The number of aromatic nitrogens is 3. The van der Waals surface area contributed by atoms with E-state index in [1.807, 2.05) is 0 Å². The number of nitrogens with one attached hydrogen (secondary N) is 3. The fourth-order valence-corrected chi connectivity index (χ4v) is 4.71. The summed E-state index contributed by atoms with van der Waals surface area (Å²) < 4.78 is 101. The zero-order chi connectivity index (χ0) is 26.5. The topological polar surface area (TPSA) is 73.3 Å². The number of fused-ring (bicyclic) bond motifs is 15. The van der Waals surface area contributed by atoms with E-state index in [0.29, 0.717) is 0 Å². The zero-order valence-electron chi connectivity index (χ0n) is 18.5. The van der Waals surface area contributed by atoms with Crippen LogP contribution in [-0.4, -0.2) is 22.1 Å². The van der Waals surface area contributed by atoms with E-state index in [9.17, 15) is 30.7 Å². The molecule has 0 aliphatic carbocycles. The lowest BCUT2D eigenvalue weighted by Gasteiger charge is -2.04. The molecule has 0 saturated heterocycles. The third-order valence-corrected chi connectivity index (χ3v) is 6.44. The summed E-state index contributed by atoms with van der Waals surface area (Å²) >= 11 is 0. The SMILES string of the molecule is F[B]n1c2c3cc(F)c(F)cc3c1=Nc1[nH]c(c3cc(F)c(F)cc13)Nc1[nH]c(c3cc(F)c(F)cc13)N=2. The molecule has 38 heavy (non-hydrogen) atoms. The highest BCUT2D eigenvalue weighted by Crippen LogP contribution is 2.39. The van der Waals surface area contributed by atoms with Crippen molar-refractivity contribution in [2.45, 2.75) is 0 Å². The predicted octanol–water partition coefficient (Wildman–Crippen LogP) is 5.75. The fraction of sp³-hybridized carbons (Fsp3) is 0. The third kappa shape index (κ3) is 3.02. The van der Waals surface area contributed by atoms with Crippen LogP contribution < -0.4 is 16.3 Å². The summed E-state index contributed by atoms with van der Waals surface area (Å²) in [7, 11) is 0.0517. The van der Waals surface area contributed by atoms with Gasteiger partial charge in [-0.15, -0.1) is 0 Å². The van der Waals surface area contributed by atoms with Crippen molar-refractivity contribution in [2.75, 3.05) is 5.32 Å². The predicted molar refractivity (Wildman–Crippen MR) is 125 cm³/mol. The Bertz CT molecular complexity index is 1980. The number of H-pyrrole nitrogens is 2. The van der Waals surface area contributed by atoms with Gasteiger partial charge in [-0.3, -0.25) is 0 Å². The Balaban J connectivity index is 1.75. The number of aromatic amines is 2. The molecule has 4 heterocycles. The van der Waals surface area contributed by atoms with E-state index >= 15 is 0 Å². The monoisotopic (exact) mass is 525 g/mol. The molecule has 1 aliphatic heterocycles. The summed E-state index contributed by atoms with van der Waals surface area (Å²) in [6.07, 6.45) is 0. The minimum atomic E-state index is -1.25. The van der Waals surface area contributed by atoms with Crippen LogP contribution in [0.2, 0.25) is 0 Å². The first-order valence-corrected chi connectivity index (χ1v) is 10.9. The van der Waals surface area contributed by atoms with Crippen molar-refractivity contribution in [1.82, 2.24) is 14.4 Å². The lowest BCUT2D eigenvalue weighted by molar-refractivity contribution is 0.511. The second kappa shape index (κ2) is 7.63. The Labute approximate surface area is 206 Å². The average Bonchev–Trinajstić information content (AvgIpc) is 3.46. The van der Waals surface area contributed by atoms with Crippen LogP contribution in [0.1, 0.15) is 0 Å². The Kier molecular flexibility index (Phi) is 4.51. The lowest BCUT2D eigenvalue weighted by Crippen LogP contribution is -2.29. The minimum absolute atomic E-state index is 0.0517. The number of halogens is 7. The van der Waals surface area contributed by atoms with E-state index < -0.39 is 34.9 Å². The van der Waals surface area contributed by atoms with Gasteiger partial charge in [-0.1, -0.05) is 0 Å². The summed E-state index contributed by atoms with van der Waals surface area (Å²) in [5.74, 6) is -7.30. The first-order chi connectivity index (χ1) is 18.2. The molecule has 3 aromatic heterocycles. The molecule has 6 bridgehead atoms. The Morgan fingerprint density at radius 2 is 0.868 bits per heavy atom. The van der Waals surface area contributed by atoms with Crippen LogP contribution in [0.15, 0.2) is 46.4 Å². The van der Waals surface area contributed by atoms with E-state index in [0.717, 1.165) is 40.9 Å². The lowest BCUT2D eigenvalue weighted by atomic mass is 10.2. The van der Waals surface area contributed by atoms with Crippen molar-refractivity contribution >= 4 is 63.3 Å². The van der Waals surface area contributed by atoms with E-state index in [1.165, 1.54) is 0 Å². The van der Waals surface area contributed by atoms with E-state index in [4.69, 9.17) is 0 Å². The van der Waals surface area contributed by atoms with Crippen LogP contribution in [-0.2, 0) is 0 Å². The summed E-state index contributed by atoms with van der Waals surface area (Å²) in [5, 5.41) is 3.10. The number of hydrogen-bond acceptors (Lipinski definition) is 3. The van der Waals surface area contributed by atoms with Crippen LogP contribution in [0.4, 0.5) is 53.9 Å². The van der Waals surface area contributed by atoms with Crippen molar-refractivity contribution in [2.24, 2.45) is 9.98 Å². The molecule has 1 aliphatic rings. The summed E-state index contributed by atoms with van der Waals surface area (Å²) in [4.78, 5) is 14.4. The van der Waals surface area contributed by atoms with E-state index in [1.54, 1.807) is 0 Å². The molecule has 0 fully saturated rings. The van der Waals surface area contributed by atoms with Gasteiger partial charge in [-0.25, -0.2) is 36.3 Å². The number of nitrogens with zero attached hydrogens (tertiary/aromatic N) is 3. The van der Waals surface area contributed by atoms with Crippen LogP contribution in [0.3, 0.4) is 0 Å². The molecule has 0 amide bonds. The maximum Gasteiger partial charge on any atom is 0.497 e. The molecule has 1 radical (unpaired) electrons. The van der Waals surface area contributed by atoms with Gasteiger partial charge in [0.2, 0.25) is 0 Å². The number of rotatable bonds is 1. The number of anilines is 2. The molecule has 14 heteroatoms. The second-order valence-corrected chi connectivity index (χ2v) is 8.60. The minimum Gasteiger partial charge on any atom is -0.327 e. The molecule has 0 saturated carbocycles. The molecule has 0 atom stereocenters. The molecule has 3 N–H and O–H groups in total. The van der Waals surface area contributed by atoms with Crippen molar-refractivity contribution in [1.29, 1.82) is 0 Å². The number of benzene rings is 3. The third-order valence-electron chi connectivity index (χ3n) is 6.44. The molecule has 6 nitrogen and oxygen atoms in total. The molecule has 187 valence electrons. The highest BCUT2D eigenvalue weighted by molar-refractivity contribution is 6.24. The molecule has 7 rings (SSSR count). The fourth-order valence-electron chi connectivity index (χ4n) is 4.71. The highest BCUT2D eigenvalue weighted by Gasteiger charge is 2.22. The Morgan fingerprint density at radius 3 is 1.24 bits per heavy atom. The smallest absolute Gasteiger partial charge is 0.327 e. The van der Waals surface area contributed by atoms with E-state index in [2.05, 4.69) is 25.3 Å². The maximum atomic E-state index is 14.4. The summed E-state index contributed by atoms with van der Waals surface area (Å²) in [5.41, 5.74) is -0.512. The van der Waals surface area contributed by atoms with Gasteiger partial charge in [0.15, 0.2) is 34.9 Å². The summed E-state index contributed by atoms with van der Waals surface area (Å²) in [6, 6.07) is 5.08. The quantitative estimate of drug-likeness (QED) is 0.186. The molecule has 3 aromatic carbocycles. The van der Waals surface area contributed by atoms with Crippen LogP contribution in [0, 0.1) is 34.9 Å². The number of hydrogen-bond donors (Lipinski definition) is 3. The van der Waals surface area contributed by atoms with Crippen molar-refractivity contribution in [3.8, 4) is 0 Å².